The van der Waals surface area contributed by atoms with Crippen molar-refractivity contribution in [2.24, 2.45) is 5.92 Å². The number of aromatic nitrogens is 1. The third kappa shape index (κ3) is 4.22. The van der Waals surface area contributed by atoms with Gasteiger partial charge in [0.1, 0.15) is 5.75 Å². The van der Waals surface area contributed by atoms with Crippen molar-refractivity contribution in [2.45, 2.75) is 32.6 Å². The number of carbonyl (C=O) groups is 1. The van der Waals surface area contributed by atoms with Crippen LogP contribution in [0.15, 0.2) is 48.2 Å². The molecule has 1 N–H and O–H groups in total. The van der Waals surface area contributed by atoms with E-state index in [9.17, 15) is 4.79 Å². The van der Waals surface area contributed by atoms with Crippen LogP contribution < -0.4 is 4.74 Å². The Balaban J connectivity index is 1.68. The molecule has 1 saturated carbocycles. The molecule has 1 heterocycles. The van der Waals surface area contributed by atoms with Gasteiger partial charge < -0.3 is 9.84 Å². The Morgan fingerprint density at radius 2 is 2.04 bits per heavy atom. The number of allylic oxidation sites excluding steroid dienone is 1. The highest BCUT2D eigenvalue weighted by Crippen LogP contribution is 2.30. The highest BCUT2D eigenvalue weighted by Gasteiger charge is 2.22. The lowest BCUT2D eigenvalue weighted by atomic mass is 9.85. The molecule has 4 nitrogen and oxygen atoms in total. The molecular weight excluding hydrogens is 302 g/mol. The van der Waals surface area contributed by atoms with E-state index < -0.39 is 5.97 Å². The quantitative estimate of drug-likeness (QED) is 0.874. The van der Waals surface area contributed by atoms with Crippen LogP contribution >= 0.6 is 0 Å². The number of carboxylic acids is 1. The van der Waals surface area contributed by atoms with Crippen LogP contribution in [-0.2, 0) is 4.79 Å². The second kappa shape index (κ2) is 7.30. The van der Waals surface area contributed by atoms with Gasteiger partial charge in [0, 0.05) is 12.3 Å². The molecule has 2 aromatic rings. The predicted molar refractivity (Wildman–Crippen MR) is 93.1 cm³/mol. The topological polar surface area (TPSA) is 59.4 Å². The summed E-state index contributed by atoms with van der Waals surface area (Å²) in [5, 5.41) is 9.07. The van der Waals surface area contributed by atoms with Gasteiger partial charge in [0.05, 0.1) is 5.92 Å². The molecule has 0 radical (unpaired) electrons. The van der Waals surface area contributed by atoms with Gasteiger partial charge in [-0.05, 0) is 55.9 Å². The Kier molecular flexibility index (Phi) is 4.94. The van der Waals surface area contributed by atoms with E-state index in [4.69, 9.17) is 9.84 Å². The molecule has 0 unspecified atom stereocenters. The summed E-state index contributed by atoms with van der Waals surface area (Å²) in [5.41, 5.74) is 3.47. The van der Waals surface area contributed by atoms with Crippen molar-refractivity contribution in [3.63, 3.8) is 0 Å². The second-order valence-electron chi connectivity index (χ2n) is 6.26. The molecule has 0 amide bonds. The lowest BCUT2D eigenvalue weighted by Gasteiger charge is -2.20. The van der Waals surface area contributed by atoms with Crippen molar-refractivity contribution in [1.29, 1.82) is 0 Å². The van der Waals surface area contributed by atoms with Gasteiger partial charge in [0.15, 0.2) is 0 Å². The summed E-state index contributed by atoms with van der Waals surface area (Å²) >= 11 is 0. The Morgan fingerprint density at radius 3 is 2.71 bits per heavy atom. The third-order valence-electron chi connectivity index (χ3n) is 4.31. The van der Waals surface area contributed by atoms with E-state index in [1.54, 1.807) is 6.20 Å². The van der Waals surface area contributed by atoms with Crippen molar-refractivity contribution in [3.8, 4) is 11.6 Å². The standard InChI is InChI=1S/C20H21NO3/c1-14-5-10-19(21-13-14)24-18-4-2-3-16(12-18)11-15-6-8-17(9-7-15)20(22)23/h2-5,10-13,17H,6-9H2,1H3,(H,22,23). The summed E-state index contributed by atoms with van der Waals surface area (Å²) in [6.45, 7) is 1.99. The predicted octanol–water partition coefficient (Wildman–Crippen LogP) is 4.84. The molecule has 1 aliphatic rings. The fraction of sp³-hybridized carbons (Fsp3) is 0.300. The molecule has 124 valence electrons. The number of aliphatic carboxylic acids is 1. The number of carboxylic acid groups (broad SMARTS) is 1. The van der Waals surface area contributed by atoms with Gasteiger partial charge in [-0.15, -0.1) is 0 Å². The Labute approximate surface area is 141 Å². The summed E-state index contributed by atoms with van der Waals surface area (Å²) in [6, 6.07) is 11.7. The summed E-state index contributed by atoms with van der Waals surface area (Å²) in [7, 11) is 0. The first kappa shape index (κ1) is 16.2. The highest BCUT2D eigenvalue weighted by atomic mass is 16.5. The number of pyridine rings is 1. The van der Waals surface area contributed by atoms with Crippen LogP contribution in [0.5, 0.6) is 11.6 Å². The van der Waals surface area contributed by atoms with Gasteiger partial charge in [-0.25, -0.2) is 4.98 Å². The molecule has 0 bridgehead atoms. The van der Waals surface area contributed by atoms with Gasteiger partial charge in [-0.1, -0.05) is 29.8 Å². The molecular formula is C20H21NO3. The number of aryl methyl sites for hydroxylation is 1. The van der Waals surface area contributed by atoms with Crippen LogP contribution in [0.2, 0.25) is 0 Å². The summed E-state index contributed by atoms with van der Waals surface area (Å²) in [5.74, 6) is 0.465. The summed E-state index contributed by atoms with van der Waals surface area (Å²) < 4.78 is 5.79. The van der Waals surface area contributed by atoms with Gasteiger partial charge in [-0.2, -0.15) is 0 Å². The van der Waals surface area contributed by atoms with E-state index in [1.165, 1.54) is 5.57 Å². The van der Waals surface area contributed by atoms with Gasteiger partial charge in [0.2, 0.25) is 5.88 Å². The SMILES string of the molecule is Cc1ccc(Oc2cccc(C=C3CCC(C(=O)O)CC3)c2)nc1. The van der Waals surface area contributed by atoms with Crippen molar-refractivity contribution in [3.05, 3.63) is 59.3 Å². The largest absolute Gasteiger partial charge is 0.481 e. The van der Waals surface area contributed by atoms with Crippen molar-refractivity contribution in [1.82, 2.24) is 4.98 Å². The number of benzene rings is 1. The van der Waals surface area contributed by atoms with E-state index in [1.807, 2.05) is 43.3 Å². The van der Waals surface area contributed by atoms with Crippen LogP contribution in [0.4, 0.5) is 0 Å². The Hall–Kier alpha value is -2.62. The molecule has 0 spiro atoms. The average molecular weight is 323 g/mol. The Morgan fingerprint density at radius 1 is 1.25 bits per heavy atom. The zero-order valence-corrected chi connectivity index (χ0v) is 13.7. The van der Waals surface area contributed by atoms with Crippen molar-refractivity contribution >= 4 is 12.0 Å². The van der Waals surface area contributed by atoms with Gasteiger partial charge >= 0.3 is 5.97 Å². The van der Waals surface area contributed by atoms with E-state index >= 15 is 0 Å². The first-order valence-electron chi connectivity index (χ1n) is 8.23. The summed E-state index contributed by atoms with van der Waals surface area (Å²) in [4.78, 5) is 15.3. The molecule has 1 aliphatic carbocycles. The molecule has 1 aromatic carbocycles. The average Bonchev–Trinajstić information content (AvgIpc) is 2.58. The van der Waals surface area contributed by atoms with Crippen LogP contribution in [0.1, 0.15) is 36.8 Å². The zero-order valence-electron chi connectivity index (χ0n) is 13.7. The maximum absolute atomic E-state index is 11.0. The minimum atomic E-state index is -0.671. The summed E-state index contributed by atoms with van der Waals surface area (Å²) in [6.07, 6.45) is 7.08. The fourth-order valence-electron chi connectivity index (χ4n) is 2.92. The van der Waals surface area contributed by atoms with Gasteiger partial charge in [0.25, 0.3) is 0 Å². The number of hydrogen-bond donors (Lipinski definition) is 1. The van der Waals surface area contributed by atoms with Gasteiger partial charge in [-0.3, -0.25) is 4.79 Å². The fourth-order valence-corrected chi connectivity index (χ4v) is 2.92. The molecule has 3 rings (SSSR count). The minimum Gasteiger partial charge on any atom is -0.481 e. The van der Waals surface area contributed by atoms with E-state index in [0.29, 0.717) is 5.88 Å². The Bertz CT molecular complexity index is 740. The van der Waals surface area contributed by atoms with Crippen LogP contribution in [0.25, 0.3) is 6.08 Å². The first-order valence-corrected chi connectivity index (χ1v) is 8.23. The lowest BCUT2D eigenvalue weighted by Crippen LogP contribution is -2.17. The van der Waals surface area contributed by atoms with Crippen LogP contribution in [-0.4, -0.2) is 16.1 Å². The lowest BCUT2D eigenvalue weighted by molar-refractivity contribution is -0.142. The molecule has 0 atom stereocenters. The normalized spacial score (nSPS) is 17.4. The maximum Gasteiger partial charge on any atom is 0.306 e. The maximum atomic E-state index is 11.0. The second-order valence-corrected chi connectivity index (χ2v) is 6.26. The number of rotatable bonds is 4. The molecule has 1 fully saturated rings. The van der Waals surface area contributed by atoms with Crippen molar-refractivity contribution in [2.75, 3.05) is 0 Å². The molecule has 24 heavy (non-hydrogen) atoms. The third-order valence-corrected chi connectivity index (χ3v) is 4.31. The smallest absolute Gasteiger partial charge is 0.306 e. The molecule has 0 aliphatic heterocycles. The first-order chi connectivity index (χ1) is 11.6. The van der Waals surface area contributed by atoms with E-state index in [0.717, 1.165) is 42.6 Å². The molecule has 1 aromatic heterocycles. The van der Waals surface area contributed by atoms with Crippen LogP contribution in [0.3, 0.4) is 0 Å². The number of ether oxygens (including phenoxy) is 1. The number of hydrogen-bond acceptors (Lipinski definition) is 3. The highest BCUT2D eigenvalue weighted by molar-refractivity contribution is 5.70. The number of nitrogens with zero attached hydrogens (tertiary/aromatic N) is 1. The zero-order chi connectivity index (χ0) is 16.9. The minimum absolute atomic E-state index is 0.190. The van der Waals surface area contributed by atoms with Crippen molar-refractivity contribution < 1.29 is 14.6 Å². The monoisotopic (exact) mass is 323 g/mol. The van der Waals surface area contributed by atoms with E-state index in [2.05, 4.69) is 11.1 Å². The molecule has 4 heteroatoms. The van der Waals surface area contributed by atoms with E-state index in [-0.39, 0.29) is 5.92 Å². The molecule has 0 saturated heterocycles. The van der Waals surface area contributed by atoms with Crippen LogP contribution in [0, 0.1) is 12.8 Å².